The van der Waals surface area contributed by atoms with Crippen LogP contribution in [0.25, 0.3) is 0 Å². The van der Waals surface area contributed by atoms with Crippen molar-refractivity contribution < 1.29 is 21.6 Å². The molecule has 6 nitrogen and oxygen atoms in total. The topological polar surface area (TPSA) is 89.5 Å². The van der Waals surface area contributed by atoms with Gasteiger partial charge in [-0.3, -0.25) is 0 Å². The van der Waals surface area contributed by atoms with Gasteiger partial charge < -0.3 is 10.1 Å². The van der Waals surface area contributed by atoms with E-state index in [4.69, 9.17) is 15.4 Å². The van der Waals surface area contributed by atoms with Crippen molar-refractivity contribution >= 4 is 29.6 Å². The minimum atomic E-state index is -4.13. The predicted octanol–water partition coefficient (Wildman–Crippen LogP) is 0.932. The quantitative estimate of drug-likeness (QED) is 0.616. The molecule has 0 spiro atoms. The summed E-state index contributed by atoms with van der Waals surface area (Å²) >= 11 is 0. The number of rotatable bonds is 5. The lowest BCUT2D eigenvalue weighted by atomic mass is 10.3. The van der Waals surface area contributed by atoms with Crippen molar-refractivity contribution in [3.8, 4) is 0 Å². The number of hydrogen-bond acceptors (Lipinski definition) is 6. The smallest absolute Gasteiger partial charge is 0.262 e. The number of halogens is 1. The van der Waals surface area contributed by atoms with Crippen molar-refractivity contribution in [2.24, 2.45) is 0 Å². The molecule has 1 aromatic carbocycles. The van der Waals surface area contributed by atoms with Crippen LogP contribution in [0.5, 0.6) is 0 Å². The Bertz CT molecular complexity index is 752. The number of morpholine rings is 1. The van der Waals surface area contributed by atoms with Crippen molar-refractivity contribution in [1.82, 2.24) is 5.32 Å². The highest BCUT2D eigenvalue weighted by atomic mass is 35.7. The fourth-order valence-electron chi connectivity index (χ4n) is 2.04. The van der Waals surface area contributed by atoms with Gasteiger partial charge in [0.2, 0.25) is 0 Å². The predicted molar refractivity (Wildman–Crippen MR) is 83.3 cm³/mol. The van der Waals surface area contributed by atoms with Crippen LogP contribution < -0.4 is 5.32 Å². The summed E-state index contributed by atoms with van der Waals surface area (Å²) in [6.45, 7) is 1.95. The van der Waals surface area contributed by atoms with Gasteiger partial charge in [0.25, 0.3) is 9.05 Å². The van der Waals surface area contributed by atoms with Crippen LogP contribution in [0.1, 0.15) is 0 Å². The number of ether oxygens (including phenoxy) is 1. The Labute approximate surface area is 134 Å². The van der Waals surface area contributed by atoms with Gasteiger partial charge in [0.1, 0.15) is 4.90 Å². The van der Waals surface area contributed by atoms with Crippen LogP contribution in [0, 0.1) is 0 Å². The van der Waals surface area contributed by atoms with E-state index in [9.17, 15) is 16.8 Å². The highest BCUT2D eigenvalue weighted by molar-refractivity contribution is 8.14. The van der Waals surface area contributed by atoms with Crippen molar-refractivity contribution in [2.75, 3.05) is 25.4 Å². The molecule has 0 amide bonds. The van der Waals surface area contributed by atoms with Crippen molar-refractivity contribution in [3.05, 3.63) is 36.4 Å². The number of benzene rings is 1. The molecule has 1 aliphatic rings. The second kappa shape index (κ2) is 7.10. The molecule has 9 heteroatoms. The van der Waals surface area contributed by atoms with Gasteiger partial charge in [-0.05, 0) is 12.1 Å². The van der Waals surface area contributed by atoms with Crippen molar-refractivity contribution in [1.29, 1.82) is 0 Å². The first-order valence-corrected chi connectivity index (χ1v) is 10.5. The number of sulfone groups is 1. The van der Waals surface area contributed by atoms with Crippen LogP contribution in [0.2, 0.25) is 0 Å². The molecule has 1 saturated heterocycles. The average molecular weight is 366 g/mol. The fraction of sp³-hybridized carbons (Fsp3) is 0.385. The first-order valence-electron chi connectivity index (χ1n) is 6.56. The van der Waals surface area contributed by atoms with Crippen LogP contribution >= 0.6 is 10.7 Å². The number of hydrogen-bond donors (Lipinski definition) is 1. The van der Waals surface area contributed by atoms with Crippen molar-refractivity contribution in [2.45, 2.75) is 15.9 Å². The molecule has 1 N–H and O–H groups in total. The summed E-state index contributed by atoms with van der Waals surface area (Å²) in [5.41, 5.74) is 0. The maximum absolute atomic E-state index is 12.3. The lowest BCUT2D eigenvalue weighted by molar-refractivity contribution is 0.0591. The SMILES string of the molecule is O=S(=O)(Cl)c1ccccc1S(=O)(=O)CC=CC1CNCCO1. The van der Waals surface area contributed by atoms with Crippen molar-refractivity contribution in [3.63, 3.8) is 0 Å². The molecule has 2 rings (SSSR count). The van der Waals surface area contributed by atoms with Gasteiger partial charge in [-0.1, -0.05) is 24.3 Å². The molecule has 0 aromatic heterocycles. The molecule has 1 aromatic rings. The molecule has 1 unspecified atom stereocenters. The molecule has 1 fully saturated rings. The van der Waals surface area contributed by atoms with E-state index >= 15 is 0 Å². The standard InChI is InChI=1S/C13H16ClNO5S2/c14-22(18,19)13-6-2-1-5-12(13)21(16,17)9-3-4-11-10-15-7-8-20-11/h1-6,11,15H,7-10H2. The van der Waals surface area contributed by atoms with Gasteiger partial charge >= 0.3 is 0 Å². The van der Waals surface area contributed by atoms with Gasteiger partial charge in [-0.15, -0.1) is 0 Å². The summed E-state index contributed by atoms with van der Waals surface area (Å²) in [6.07, 6.45) is 2.93. The van der Waals surface area contributed by atoms with Crippen LogP contribution in [0.4, 0.5) is 0 Å². The van der Waals surface area contributed by atoms with Crippen LogP contribution in [0.3, 0.4) is 0 Å². The molecule has 0 radical (unpaired) electrons. The lowest BCUT2D eigenvalue weighted by Gasteiger charge is -2.20. The van der Waals surface area contributed by atoms with E-state index in [1.54, 1.807) is 6.08 Å². The van der Waals surface area contributed by atoms with E-state index in [0.717, 1.165) is 6.54 Å². The summed E-state index contributed by atoms with van der Waals surface area (Å²) in [6, 6.07) is 5.28. The minimum Gasteiger partial charge on any atom is -0.372 e. The Kier molecular flexibility index (Phi) is 5.62. The molecule has 0 aliphatic carbocycles. The summed E-state index contributed by atoms with van der Waals surface area (Å²) in [4.78, 5) is -0.696. The van der Waals surface area contributed by atoms with E-state index in [0.29, 0.717) is 13.2 Å². The van der Waals surface area contributed by atoms with Crippen LogP contribution in [-0.4, -0.2) is 48.4 Å². The zero-order valence-corrected chi connectivity index (χ0v) is 14.0. The summed E-state index contributed by atoms with van der Waals surface area (Å²) in [5, 5.41) is 3.12. The molecule has 0 saturated carbocycles. The molecular formula is C13H16ClNO5S2. The molecule has 1 atom stereocenters. The minimum absolute atomic E-state index is 0.184. The first-order chi connectivity index (χ1) is 10.3. The Hall–Kier alpha value is -0.930. The van der Waals surface area contributed by atoms with E-state index in [-0.39, 0.29) is 16.8 Å². The van der Waals surface area contributed by atoms with Crippen LogP contribution in [0.15, 0.2) is 46.2 Å². The van der Waals surface area contributed by atoms with Gasteiger partial charge in [0.15, 0.2) is 9.84 Å². The third kappa shape index (κ3) is 4.53. The first kappa shape index (κ1) is 17.4. The Morgan fingerprint density at radius 1 is 1.23 bits per heavy atom. The zero-order valence-electron chi connectivity index (χ0n) is 11.6. The zero-order chi connectivity index (χ0) is 16.2. The summed E-state index contributed by atoms with van der Waals surface area (Å²) in [7, 11) is -2.64. The highest BCUT2D eigenvalue weighted by Crippen LogP contribution is 2.24. The Morgan fingerprint density at radius 2 is 1.91 bits per heavy atom. The van der Waals surface area contributed by atoms with Gasteiger partial charge in [-0.25, -0.2) is 16.8 Å². The molecule has 1 heterocycles. The molecular weight excluding hydrogens is 350 g/mol. The maximum Gasteiger partial charge on any atom is 0.262 e. The normalized spacial score (nSPS) is 20.3. The second-order valence-corrected chi connectivity index (χ2v) is 9.24. The third-order valence-corrected chi connectivity index (χ3v) is 6.24. The van der Waals surface area contributed by atoms with E-state index in [1.165, 1.54) is 30.3 Å². The highest BCUT2D eigenvalue weighted by Gasteiger charge is 2.24. The van der Waals surface area contributed by atoms with Gasteiger partial charge in [0.05, 0.1) is 23.4 Å². The van der Waals surface area contributed by atoms with E-state index in [2.05, 4.69) is 5.32 Å². The van der Waals surface area contributed by atoms with Gasteiger partial charge in [-0.2, -0.15) is 0 Å². The monoisotopic (exact) mass is 365 g/mol. The van der Waals surface area contributed by atoms with E-state index < -0.39 is 23.8 Å². The summed E-state index contributed by atoms with van der Waals surface area (Å²) in [5.74, 6) is -0.323. The molecule has 22 heavy (non-hydrogen) atoms. The molecule has 1 aliphatic heterocycles. The average Bonchev–Trinajstić information content (AvgIpc) is 2.47. The lowest BCUT2D eigenvalue weighted by Crippen LogP contribution is -2.37. The van der Waals surface area contributed by atoms with Gasteiger partial charge in [0, 0.05) is 23.8 Å². The fourth-order valence-corrected chi connectivity index (χ4v) is 5.05. The number of nitrogens with one attached hydrogen (secondary N) is 1. The summed E-state index contributed by atoms with van der Waals surface area (Å²) < 4.78 is 53.0. The Balaban J connectivity index is 2.19. The molecule has 0 bridgehead atoms. The van der Waals surface area contributed by atoms with E-state index in [1.807, 2.05) is 0 Å². The Morgan fingerprint density at radius 3 is 2.50 bits per heavy atom. The maximum atomic E-state index is 12.3. The molecule has 122 valence electrons. The third-order valence-electron chi connectivity index (χ3n) is 3.07. The van der Waals surface area contributed by atoms with Crippen LogP contribution in [-0.2, 0) is 23.6 Å². The second-order valence-electron chi connectivity index (χ2n) is 4.71. The largest absolute Gasteiger partial charge is 0.372 e.